The monoisotopic (exact) mass is 495 g/mol. The second kappa shape index (κ2) is 9.23. The van der Waals surface area contributed by atoms with E-state index in [-0.39, 0.29) is 30.0 Å². The molecule has 12 heteroatoms. The van der Waals surface area contributed by atoms with E-state index in [4.69, 9.17) is 0 Å². The Bertz CT molecular complexity index is 1270. The Labute approximate surface area is 197 Å². The number of aromatic carboxylic acids is 1. The van der Waals surface area contributed by atoms with Crippen LogP contribution in [0.3, 0.4) is 0 Å². The number of benzene rings is 1. The summed E-state index contributed by atoms with van der Waals surface area (Å²) in [5, 5.41) is 12.3. The van der Waals surface area contributed by atoms with Crippen molar-refractivity contribution in [2.24, 2.45) is 0 Å². The number of aromatic nitrogens is 2. The normalized spacial score (nSPS) is 21.9. The molecule has 188 valence electrons. The number of hydrogen-bond acceptors (Lipinski definition) is 5. The van der Waals surface area contributed by atoms with E-state index in [1.165, 1.54) is 23.8 Å². The highest BCUT2D eigenvalue weighted by molar-refractivity contribution is 5.86. The molecule has 2 aromatic rings. The van der Waals surface area contributed by atoms with E-state index in [1.54, 1.807) is 0 Å². The summed E-state index contributed by atoms with van der Waals surface area (Å²) in [5.74, 6) is -1.53. The zero-order valence-electron chi connectivity index (χ0n) is 18.8. The highest BCUT2D eigenvalue weighted by Gasteiger charge is 2.39. The number of carbonyl (C=O) groups excluding carboxylic acids is 1. The first-order valence-corrected chi connectivity index (χ1v) is 11.2. The van der Waals surface area contributed by atoms with Crippen molar-refractivity contribution in [1.29, 1.82) is 0 Å². The van der Waals surface area contributed by atoms with Crippen LogP contribution in [0.1, 0.15) is 71.2 Å². The third-order valence-corrected chi connectivity index (χ3v) is 6.83. The molecule has 35 heavy (non-hydrogen) atoms. The molecule has 2 N–H and O–H groups in total. The van der Waals surface area contributed by atoms with E-state index in [1.807, 2.05) is 0 Å². The molecule has 0 spiro atoms. The minimum absolute atomic E-state index is 0.00314. The van der Waals surface area contributed by atoms with Crippen LogP contribution in [0.5, 0.6) is 0 Å². The molecule has 0 saturated heterocycles. The Morgan fingerprint density at radius 3 is 2.40 bits per heavy atom. The number of carboxylic acids is 1. The molecule has 1 fully saturated rings. The second-order valence-electron chi connectivity index (χ2n) is 8.78. The number of ether oxygens (including phenoxy) is 1. The van der Waals surface area contributed by atoms with Gasteiger partial charge in [0.1, 0.15) is 5.56 Å². The molecule has 4 rings (SSSR count). The lowest BCUT2D eigenvalue weighted by Crippen LogP contribution is -2.46. The van der Waals surface area contributed by atoms with Crippen molar-refractivity contribution < 1.29 is 32.6 Å². The Morgan fingerprint density at radius 2 is 1.80 bits per heavy atom. The summed E-state index contributed by atoms with van der Waals surface area (Å²) in [6, 6.07) is 1.99. The molecule has 1 atom stereocenters. The van der Waals surface area contributed by atoms with Crippen LogP contribution in [-0.4, -0.2) is 39.5 Å². The van der Waals surface area contributed by atoms with E-state index < -0.39 is 52.7 Å². The van der Waals surface area contributed by atoms with Gasteiger partial charge in [-0.3, -0.25) is 13.9 Å². The summed E-state index contributed by atoms with van der Waals surface area (Å²) >= 11 is 0. The summed E-state index contributed by atoms with van der Waals surface area (Å²) in [6.07, 6.45) is -2.25. The van der Waals surface area contributed by atoms with Gasteiger partial charge in [-0.05, 0) is 55.7 Å². The fourth-order valence-corrected chi connectivity index (χ4v) is 5.16. The van der Waals surface area contributed by atoms with Crippen LogP contribution < -0.4 is 16.6 Å². The minimum Gasteiger partial charge on any atom is -0.477 e. The van der Waals surface area contributed by atoms with Gasteiger partial charge in [0, 0.05) is 18.3 Å². The molecule has 1 unspecified atom stereocenters. The number of carboxylic acid groups (broad SMARTS) is 1. The van der Waals surface area contributed by atoms with Gasteiger partial charge in [-0.1, -0.05) is 12.1 Å². The zero-order valence-corrected chi connectivity index (χ0v) is 18.8. The molecule has 1 aromatic heterocycles. The van der Waals surface area contributed by atoms with E-state index in [9.17, 15) is 37.5 Å². The van der Waals surface area contributed by atoms with Crippen molar-refractivity contribution in [1.82, 2.24) is 14.5 Å². The number of alkyl halides is 3. The summed E-state index contributed by atoms with van der Waals surface area (Å²) in [4.78, 5) is 49.8. The number of halogens is 3. The van der Waals surface area contributed by atoms with Gasteiger partial charge in [0.15, 0.2) is 0 Å². The van der Waals surface area contributed by atoms with Crippen molar-refractivity contribution in [3.05, 3.63) is 67.5 Å². The van der Waals surface area contributed by atoms with Gasteiger partial charge < -0.3 is 15.2 Å². The van der Waals surface area contributed by atoms with Gasteiger partial charge in [0.25, 0.3) is 5.56 Å². The van der Waals surface area contributed by atoms with Crippen LogP contribution in [0, 0.1) is 0 Å². The van der Waals surface area contributed by atoms with E-state index in [2.05, 4.69) is 10.1 Å². The van der Waals surface area contributed by atoms with E-state index >= 15 is 0 Å². The number of amides is 1. The third-order valence-electron chi connectivity index (χ3n) is 6.83. The second-order valence-corrected chi connectivity index (χ2v) is 8.78. The Balaban J connectivity index is 1.75. The summed E-state index contributed by atoms with van der Waals surface area (Å²) in [7, 11) is 1.25. The Hall–Kier alpha value is -3.57. The fraction of sp³-hybridized carbons (Fsp3) is 0.478. The number of fused-ring (bicyclic) bond motifs is 1. The Morgan fingerprint density at radius 1 is 1.11 bits per heavy atom. The lowest BCUT2D eigenvalue weighted by atomic mass is 9.91. The topological polar surface area (TPSA) is 120 Å². The number of nitrogens with zero attached hydrogens (tertiary/aromatic N) is 2. The maximum Gasteiger partial charge on any atom is 0.416 e. The SMILES string of the molecule is COC(=O)NC1CCC(n2cc(C(=O)O)c(=O)n(C3CCc4c3cccc4C(F)(F)F)c2=O)CC1. The molecule has 1 amide bonds. The molecular formula is C23H24F3N3O6. The first-order chi connectivity index (χ1) is 16.5. The highest BCUT2D eigenvalue weighted by Crippen LogP contribution is 2.41. The number of methoxy groups -OCH3 is 1. The minimum atomic E-state index is -4.59. The summed E-state index contributed by atoms with van der Waals surface area (Å²) in [5.41, 5.74) is -3.05. The standard InChI is InChI=1S/C23H24F3N3O6/c1-35-21(33)27-12-5-7-13(8-6-12)28-11-16(20(31)32)19(30)29(22(28)34)18-10-9-14-15(18)3-2-4-17(14)23(24,25)26/h2-4,11-13,18H,5-10H2,1H3,(H,27,33)(H,31,32). The number of nitrogens with one attached hydrogen (secondary N) is 1. The van der Waals surface area contributed by atoms with Gasteiger partial charge in [-0.25, -0.2) is 14.4 Å². The Kier molecular flexibility index (Phi) is 6.48. The lowest BCUT2D eigenvalue weighted by Gasteiger charge is -2.30. The summed E-state index contributed by atoms with van der Waals surface area (Å²) < 4.78 is 47.1. The van der Waals surface area contributed by atoms with Crippen LogP contribution in [0.4, 0.5) is 18.0 Å². The van der Waals surface area contributed by atoms with Crippen LogP contribution in [-0.2, 0) is 17.3 Å². The van der Waals surface area contributed by atoms with Crippen LogP contribution in [0.25, 0.3) is 0 Å². The van der Waals surface area contributed by atoms with Gasteiger partial charge in [0.05, 0.1) is 18.7 Å². The predicted octanol–water partition coefficient (Wildman–Crippen LogP) is 3.10. The number of carbonyl (C=O) groups is 2. The largest absolute Gasteiger partial charge is 0.477 e. The number of hydrogen-bond donors (Lipinski definition) is 2. The average Bonchev–Trinajstić information content (AvgIpc) is 3.23. The van der Waals surface area contributed by atoms with Gasteiger partial charge in [-0.15, -0.1) is 0 Å². The maximum absolute atomic E-state index is 13.5. The zero-order chi connectivity index (χ0) is 25.5. The van der Waals surface area contributed by atoms with E-state index in [0.29, 0.717) is 25.7 Å². The van der Waals surface area contributed by atoms with Crippen molar-refractivity contribution in [3.63, 3.8) is 0 Å². The van der Waals surface area contributed by atoms with Crippen molar-refractivity contribution in [2.75, 3.05) is 7.11 Å². The molecular weight excluding hydrogens is 471 g/mol. The maximum atomic E-state index is 13.5. The smallest absolute Gasteiger partial charge is 0.416 e. The van der Waals surface area contributed by atoms with Crippen molar-refractivity contribution in [3.8, 4) is 0 Å². The molecule has 2 aliphatic rings. The van der Waals surface area contributed by atoms with Crippen LogP contribution >= 0.6 is 0 Å². The quantitative estimate of drug-likeness (QED) is 0.673. The molecule has 0 radical (unpaired) electrons. The third kappa shape index (κ3) is 4.56. The first kappa shape index (κ1) is 24.6. The summed E-state index contributed by atoms with van der Waals surface area (Å²) in [6.45, 7) is 0. The molecule has 2 aliphatic carbocycles. The lowest BCUT2D eigenvalue weighted by molar-refractivity contribution is -0.138. The molecule has 1 heterocycles. The predicted molar refractivity (Wildman–Crippen MR) is 117 cm³/mol. The van der Waals surface area contributed by atoms with Gasteiger partial charge >= 0.3 is 23.9 Å². The molecule has 0 bridgehead atoms. The molecule has 1 saturated carbocycles. The van der Waals surface area contributed by atoms with Crippen molar-refractivity contribution >= 4 is 12.1 Å². The van der Waals surface area contributed by atoms with Gasteiger partial charge in [0.2, 0.25) is 0 Å². The number of alkyl carbamates (subject to hydrolysis) is 1. The van der Waals surface area contributed by atoms with Gasteiger partial charge in [-0.2, -0.15) is 13.2 Å². The molecule has 1 aromatic carbocycles. The fourth-order valence-electron chi connectivity index (χ4n) is 5.16. The van der Waals surface area contributed by atoms with Crippen LogP contribution in [0.15, 0.2) is 34.0 Å². The molecule has 0 aliphatic heterocycles. The average molecular weight is 495 g/mol. The number of rotatable bonds is 4. The van der Waals surface area contributed by atoms with E-state index in [0.717, 1.165) is 16.8 Å². The highest BCUT2D eigenvalue weighted by atomic mass is 19.4. The molecule has 9 nitrogen and oxygen atoms in total. The van der Waals surface area contributed by atoms with Crippen LogP contribution in [0.2, 0.25) is 0 Å². The van der Waals surface area contributed by atoms with Crippen molar-refractivity contribution in [2.45, 2.75) is 62.8 Å². The first-order valence-electron chi connectivity index (χ1n) is 11.2.